The van der Waals surface area contributed by atoms with Gasteiger partial charge in [-0.25, -0.2) is 8.78 Å². The molecule has 0 aromatic heterocycles. The molecule has 112 valence electrons. The molecule has 0 aliphatic rings. The summed E-state index contributed by atoms with van der Waals surface area (Å²) in [5, 5.41) is 10.3. The summed E-state index contributed by atoms with van der Waals surface area (Å²) < 4.78 is 37.1. The first-order valence-corrected chi connectivity index (χ1v) is 6.39. The second-order valence-corrected chi connectivity index (χ2v) is 4.54. The zero-order chi connectivity index (χ0) is 15.4. The number of aliphatic hydroxyl groups excluding tert-OH is 1. The van der Waals surface area contributed by atoms with Gasteiger partial charge in [0.05, 0.1) is 20.3 Å². The molecule has 2 aromatic rings. The molecule has 21 heavy (non-hydrogen) atoms. The molecule has 2 rings (SSSR count). The lowest BCUT2D eigenvalue weighted by Gasteiger charge is -2.16. The summed E-state index contributed by atoms with van der Waals surface area (Å²) >= 11 is 0. The Hall–Kier alpha value is -2.14. The van der Waals surface area contributed by atoms with E-state index in [2.05, 4.69) is 0 Å². The molecule has 0 radical (unpaired) electrons. The van der Waals surface area contributed by atoms with Crippen molar-refractivity contribution in [3.05, 3.63) is 59.2 Å². The van der Waals surface area contributed by atoms with Crippen molar-refractivity contribution in [1.29, 1.82) is 0 Å². The van der Waals surface area contributed by atoms with Crippen LogP contribution in [-0.4, -0.2) is 19.3 Å². The molecule has 1 N–H and O–H groups in total. The smallest absolute Gasteiger partial charge is 0.162 e. The molecule has 2 aromatic carbocycles. The summed E-state index contributed by atoms with van der Waals surface area (Å²) in [5.41, 5.74) is 0.563. The summed E-state index contributed by atoms with van der Waals surface area (Å²) in [4.78, 5) is 0. The van der Waals surface area contributed by atoms with Crippen molar-refractivity contribution < 1.29 is 23.4 Å². The van der Waals surface area contributed by atoms with Crippen LogP contribution >= 0.6 is 0 Å². The Bertz CT molecular complexity index is 629. The SMILES string of the molecule is COc1ccc(OC)c(C(O)Cc2cccc(F)c2F)c1. The highest BCUT2D eigenvalue weighted by Crippen LogP contribution is 2.31. The van der Waals surface area contributed by atoms with E-state index in [1.54, 1.807) is 18.2 Å². The minimum absolute atomic E-state index is 0.0624. The zero-order valence-corrected chi connectivity index (χ0v) is 11.8. The van der Waals surface area contributed by atoms with E-state index in [1.165, 1.54) is 26.4 Å². The fourth-order valence-electron chi connectivity index (χ4n) is 2.12. The number of benzene rings is 2. The molecule has 1 unspecified atom stereocenters. The standard InChI is InChI=1S/C16H16F2O3/c1-20-11-6-7-15(21-2)12(9-11)14(19)8-10-4-3-5-13(17)16(10)18/h3-7,9,14,19H,8H2,1-2H3. The van der Waals surface area contributed by atoms with Crippen molar-refractivity contribution in [2.45, 2.75) is 12.5 Å². The van der Waals surface area contributed by atoms with Crippen LogP contribution in [0.2, 0.25) is 0 Å². The average molecular weight is 294 g/mol. The fourth-order valence-corrected chi connectivity index (χ4v) is 2.12. The predicted molar refractivity (Wildman–Crippen MR) is 74.6 cm³/mol. The normalized spacial score (nSPS) is 12.0. The molecule has 0 saturated heterocycles. The van der Waals surface area contributed by atoms with E-state index >= 15 is 0 Å². The van der Waals surface area contributed by atoms with Gasteiger partial charge in [0.2, 0.25) is 0 Å². The lowest BCUT2D eigenvalue weighted by Crippen LogP contribution is -2.06. The Morgan fingerprint density at radius 3 is 2.52 bits per heavy atom. The van der Waals surface area contributed by atoms with Crippen molar-refractivity contribution in [1.82, 2.24) is 0 Å². The van der Waals surface area contributed by atoms with Crippen LogP contribution in [0, 0.1) is 11.6 Å². The van der Waals surface area contributed by atoms with Crippen molar-refractivity contribution in [2.75, 3.05) is 14.2 Å². The van der Waals surface area contributed by atoms with Gasteiger partial charge in [-0.05, 0) is 29.8 Å². The van der Waals surface area contributed by atoms with Crippen LogP contribution in [-0.2, 0) is 6.42 Å². The molecule has 5 heteroatoms. The maximum Gasteiger partial charge on any atom is 0.162 e. The van der Waals surface area contributed by atoms with Gasteiger partial charge in [0.1, 0.15) is 11.5 Å². The van der Waals surface area contributed by atoms with Crippen LogP contribution in [0.15, 0.2) is 36.4 Å². The summed E-state index contributed by atoms with van der Waals surface area (Å²) in [6.07, 6.45) is -1.10. The van der Waals surface area contributed by atoms with E-state index in [-0.39, 0.29) is 12.0 Å². The number of aliphatic hydroxyl groups is 1. The highest BCUT2D eigenvalue weighted by atomic mass is 19.2. The minimum Gasteiger partial charge on any atom is -0.497 e. The van der Waals surface area contributed by atoms with Gasteiger partial charge in [0, 0.05) is 12.0 Å². The van der Waals surface area contributed by atoms with Crippen molar-refractivity contribution >= 4 is 0 Å². The lowest BCUT2D eigenvalue weighted by atomic mass is 10.00. The second kappa shape index (κ2) is 6.54. The van der Waals surface area contributed by atoms with E-state index in [4.69, 9.17) is 9.47 Å². The number of hydrogen-bond acceptors (Lipinski definition) is 3. The van der Waals surface area contributed by atoms with Crippen LogP contribution in [0.3, 0.4) is 0 Å². The highest BCUT2D eigenvalue weighted by molar-refractivity contribution is 5.42. The van der Waals surface area contributed by atoms with Gasteiger partial charge in [0.25, 0.3) is 0 Å². The van der Waals surface area contributed by atoms with Gasteiger partial charge < -0.3 is 14.6 Å². The third kappa shape index (κ3) is 3.31. The van der Waals surface area contributed by atoms with Gasteiger partial charge in [-0.2, -0.15) is 0 Å². The van der Waals surface area contributed by atoms with E-state index < -0.39 is 17.7 Å². The first-order valence-electron chi connectivity index (χ1n) is 6.39. The third-order valence-corrected chi connectivity index (χ3v) is 3.24. The first kappa shape index (κ1) is 15.3. The van der Waals surface area contributed by atoms with Gasteiger partial charge in [-0.15, -0.1) is 0 Å². The molecular formula is C16H16F2O3. The van der Waals surface area contributed by atoms with E-state index in [1.807, 2.05) is 0 Å². The van der Waals surface area contributed by atoms with Crippen LogP contribution < -0.4 is 9.47 Å². The molecule has 0 aliphatic heterocycles. The lowest BCUT2D eigenvalue weighted by molar-refractivity contribution is 0.172. The van der Waals surface area contributed by atoms with E-state index in [9.17, 15) is 13.9 Å². The Labute approximate surface area is 121 Å². The number of halogens is 2. The molecule has 0 fully saturated rings. The summed E-state index contributed by atoms with van der Waals surface area (Å²) in [6.45, 7) is 0. The monoisotopic (exact) mass is 294 g/mol. The van der Waals surface area contributed by atoms with Gasteiger partial charge in [-0.3, -0.25) is 0 Å². The third-order valence-electron chi connectivity index (χ3n) is 3.24. The Balaban J connectivity index is 2.31. The summed E-state index contributed by atoms with van der Waals surface area (Å²) in [7, 11) is 2.98. The number of hydrogen-bond donors (Lipinski definition) is 1. The van der Waals surface area contributed by atoms with Gasteiger partial charge in [-0.1, -0.05) is 12.1 Å². The maximum absolute atomic E-state index is 13.7. The first-order chi connectivity index (χ1) is 10.1. The van der Waals surface area contributed by atoms with E-state index in [0.29, 0.717) is 17.1 Å². The number of rotatable bonds is 5. The molecule has 0 aliphatic carbocycles. The molecule has 1 atom stereocenters. The van der Waals surface area contributed by atoms with Crippen molar-refractivity contribution in [3.8, 4) is 11.5 Å². The van der Waals surface area contributed by atoms with Crippen LogP contribution in [0.1, 0.15) is 17.2 Å². The van der Waals surface area contributed by atoms with Gasteiger partial charge in [0.15, 0.2) is 11.6 Å². The van der Waals surface area contributed by atoms with Crippen LogP contribution in [0.5, 0.6) is 11.5 Å². The van der Waals surface area contributed by atoms with Crippen LogP contribution in [0.4, 0.5) is 8.78 Å². The zero-order valence-electron chi connectivity index (χ0n) is 11.8. The summed E-state index contributed by atoms with van der Waals surface area (Å²) in [6, 6.07) is 8.84. The minimum atomic E-state index is -1.04. The van der Waals surface area contributed by atoms with Crippen molar-refractivity contribution in [3.63, 3.8) is 0 Å². The Morgan fingerprint density at radius 2 is 1.86 bits per heavy atom. The number of ether oxygens (including phenoxy) is 2. The topological polar surface area (TPSA) is 38.7 Å². The number of methoxy groups -OCH3 is 2. The molecule has 0 amide bonds. The molecule has 0 spiro atoms. The predicted octanol–water partition coefficient (Wildman–Crippen LogP) is 3.26. The second-order valence-electron chi connectivity index (χ2n) is 4.54. The van der Waals surface area contributed by atoms with E-state index in [0.717, 1.165) is 6.07 Å². The quantitative estimate of drug-likeness (QED) is 0.920. The Morgan fingerprint density at radius 1 is 1.10 bits per heavy atom. The molecular weight excluding hydrogens is 278 g/mol. The van der Waals surface area contributed by atoms with Crippen molar-refractivity contribution in [2.24, 2.45) is 0 Å². The molecule has 0 heterocycles. The highest BCUT2D eigenvalue weighted by Gasteiger charge is 2.18. The summed E-state index contributed by atoms with van der Waals surface area (Å²) in [5.74, 6) is -0.875. The molecule has 3 nitrogen and oxygen atoms in total. The largest absolute Gasteiger partial charge is 0.497 e. The fraction of sp³-hybridized carbons (Fsp3) is 0.250. The molecule has 0 bridgehead atoms. The molecule has 0 saturated carbocycles. The maximum atomic E-state index is 13.7. The van der Waals surface area contributed by atoms with Gasteiger partial charge >= 0.3 is 0 Å². The van der Waals surface area contributed by atoms with Crippen LogP contribution in [0.25, 0.3) is 0 Å². The Kier molecular flexibility index (Phi) is 4.75. The average Bonchev–Trinajstić information content (AvgIpc) is 2.51.